The highest BCUT2D eigenvalue weighted by Crippen LogP contribution is 2.28. The molecule has 3 atom stereocenters. The molecule has 1 rings (SSSR count). The maximum atomic E-state index is 14.1. The number of hydrogen-bond acceptors (Lipinski definition) is 4. The van der Waals surface area contributed by atoms with E-state index in [1.165, 1.54) is 0 Å². The molecule has 0 bridgehead atoms. The molecule has 0 spiro atoms. The first-order valence-electron chi connectivity index (χ1n) is 13.4. The largest absolute Gasteiger partial charge is 0.444 e. The van der Waals surface area contributed by atoms with E-state index in [9.17, 15) is 14.4 Å². The van der Waals surface area contributed by atoms with E-state index in [2.05, 4.69) is 17.6 Å². The monoisotopic (exact) mass is 503 g/mol. The normalized spacial score (nSPS) is 14.1. The van der Waals surface area contributed by atoms with Crippen LogP contribution in [0.2, 0.25) is 0 Å². The number of nitrogens with one attached hydrogen (secondary N) is 2. The van der Waals surface area contributed by atoms with Crippen molar-refractivity contribution in [3.05, 3.63) is 34.9 Å². The predicted octanol–water partition coefficient (Wildman–Crippen LogP) is 5.83. The van der Waals surface area contributed by atoms with Crippen LogP contribution in [-0.2, 0) is 14.3 Å². The van der Waals surface area contributed by atoms with E-state index in [-0.39, 0.29) is 23.8 Å². The van der Waals surface area contributed by atoms with Gasteiger partial charge < -0.3 is 20.3 Å². The number of nitrogens with zero attached hydrogens (tertiary/aromatic N) is 1. The summed E-state index contributed by atoms with van der Waals surface area (Å²) in [5.74, 6) is -0.657. The Hall–Kier alpha value is -2.57. The number of benzene rings is 1. The molecule has 3 unspecified atom stereocenters. The first kappa shape index (κ1) is 31.5. The molecule has 0 saturated carbocycles. The number of alkyl carbamates (subject to hydrolysis) is 1. The zero-order valence-corrected chi connectivity index (χ0v) is 24.2. The summed E-state index contributed by atoms with van der Waals surface area (Å²) in [7, 11) is 0. The number of amides is 3. The minimum absolute atomic E-state index is 0.154. The Morgan fingerprint density at radius 1 is 0.972 bits per heavy atom. The van der Waals surface area contributed by atoms with E-state index >= 15 is 0 Å². The Morgan fingerprint density at radius 3 is 2.03 bits per heavy atom. The lowest BCUT2D eigenvalue weighted by atomic mass is 9.94. The Labute approximate surface area is 218 Å². The van der Waals surface area contributed by atoms with E-state index in [1.54, 1.807) is 25.7 Å². The van der Waals surface area contributed by atoms with Gasteiger partial charge in [-0.2, -0.15) is 0 Å². The molecule has 36 heavy (non-hydrogen) atoms. The molecule has 0 aromatic heterocycles. The number of ether oxygens (including phenoxy) is 1. The van der Waals surface area contributed by atoms with Gasteiger partial charge in [0.25, 0.3) is 0 Å². The number of aryl methyl sites for hydroxylation is 2. The van der Waals surface area contributed by atoms with Crippen molar-refractivity contribution in [3.8, 4) is 0 Å². The highest BCUT2D eigenvalue weighted by molar-refractivity contribution is 5.92. The molecule has 3 amide bonds. The average Bonchev–Trinajstić information content (AvgIpc) is 2.75. The minimum atomic E-state index is -0.825. The van der Waals surface area contributed by atoms with Crippen LogP contribution in [0.1, 0.15) is 104 Å². The summed E-state index contributed by atoms with van der Waals surface area (Å²) in [6, 6.07) is 4.06. The summed E-state index contributed by atoms with van der Waals surface area (Å²) >= 11 is 0. The lowest BCUT2D eigenvalue weighted by Gasteiger charge is -2.38. The second-order valence-electron chi connectivity index (χ2n) is 11.2. The summed E-state index contributed by atoms with van der Waals surface area (Å²) in [5.41, 5.74) is 2.12. The van der Waals surface area contributed by atoms with Crippen molar-refractivity contribution in [2.75, 3.05) is 6.54 Å². The Kier molecular flexibility index (Phi) is 12.4. The van der Waals surface area contributed by atoms with Gasteiger partial charge in [-0.05, 0) is 66.4 Å². The van der Waals surface area contributed by atoms with Gasteiger partial charge in [0, 0.05) is 12.6 Å². The SMILES string of the molecule is CCCCCNC(=O)C(c1cc(C)cc(C)c1)N(C(=O)C(NC(=O)OC(C)(C)C)C(C)CC)C(C)C. The van der Waals surface area contributed by atoms with Gasteiger partial charge in [-0.15, -0.1) is 0 Å². The van der Waals surface area contributed by atoms with E-state index in [1.807, 2.05) is 59.7 Å². The topological polar surface area (TPSA) is 87.7 Å². The molecule has 2 N–H and O–H groups in total. The second-order valence-corrected chi connectivity index (χ2v) is 11.2. The minimum Gasteiger partial charge on any atom is -0.444 e. The zero-order chi connectivity index (χ0) is 27.6. The third-order valence-corrected chi connectivity index (χ3v) is 6.13. The van der Waals surface area contributed by atoms with Crippen molar-refractivity contribution in [2.24, 2.45) is 5.92 Å². The van der Waals surface area contributed by atoms with Crippen molar-refractivity contribution in [3.63, 3.8) is 0 Å². The zero-order valence-electron chi connectivity index (χ0n) is 24.2. The van der Waals surface area contributed by atoms with Gasteiger partial charge in [-0.1, -0.05) is 69.4 Å². The maximum absolute atomic E-state index is 14.1. The standard InChI is InChI=1S/C29H49N3O4/c1-11-13-14-15-30-26(33)25(23-17-20(5)16-21(6)18-23)32(19(3)4)27(34)24(22(7)12-2)31-28(35)36-29(8,9)10/h16-19,22,24-25H,11-15H2,1-10H3,(H,30,33)(H,31,35). The van der Waals surface area contributed by atoms with Crippen LogP contribution in [0.5, 0.6) is 0 Å². The summed E-state index contributed by atoms with van der Waals surface area (Å²) in [6.45, 7) is 19.7. The number of carbonyl (C=O) groups is 3. The molecule has 0 heterocycles. The first-order chi connectivity index (χ1) is 16.7. The Morgan fingerprint density at radius 2 is 1.56 bits per heavy atom. The molecule has 7 heteroatoms. The summed E-state index contributed by atoms with van der Waals surface area (Å²) in [5, 5.41) is 5.86. The Balaban J connectivity index is 3.48. The first-order valence-corrected chi connectivity index (χ1v) is 13.4. The van der Waals surface area contributed by atoms with Gasteiger partial charge in [-0.25, -0.2) is 4.79 Å². The van der Waals surface area contributed by atoms with Gasteiger partial charge in [-0.3, -0.25) is 9.59 Å². The van der Waals surface area contributed by atoms with Crippen LogP contribution in [0.4, 0.5) is 4.79 Å². The molecule has 7 nitrogen and oxygen atoms in total. The number of rotatable bonds is 12. The fourth-order valence-corrected chi connectivity index (χ4v) is 4.25. The molecule has 1 aromatic carbocycles. The smallest absolute Gasteiger partial charge is 0.408 e. The van der Waals surface area contributed by atoms with Crippen LogP contribution in [-0.4, -0.2) is 47.0 Å². The molecular weight excluding hydrogens is 454 g/mol. The molecule has 0 saturated heterocycles. The lowest BCUT2D eigenvalue weighted by molar-refractivity contribution is -0.145. The number of hydrogen-bond donors (Lipinski definition) is 2. The summed E-state index contributed by atoms with van der Waals surface area (Å²) in [6.07, 6.45) is 3.00. The molecular formula is C29H49N3O4. The third-order valence-electron chi connectivity index (χ3n) is 6.13. The number of unbranched alkanes of at least 4 members (excludes halogenated alkanes) is 2. The third kappa shape index (κ3) is 9.82. The molecule has 0 aliphatic rings. The Bertz CT molecular complexity index is 856. The highest BCUT2D eigenvalue weighted by atomic mass is 16.6. The maximum Gasteiger partial charge on any atom is 0.408 e. The van der Waals surface area contributed by atoms with Gasteiger partial charge in [0.1, 0.15) is 17.7 Å². The van der Waals surface area contributed by atoms with Crippen LogP contribution in [0, 0.1) is 19.8 Å². The average molecular weight is 504 g/mol. The van der Waals surface area contributed by atoms with Crippen molar-refractivity contribution < 1.29 is 19.1 Å². The molecule has 1 aromatic rings. The van der Waals surface area contributed by atoms with Crippen molar-refractivity contribution in [1.82, 2.24) is 15.5 Å². The van der Waals surface area contributed by atoms with Crippen molar-refractivity contribution >= 4 is 17.9 Å². The molecule has 0 fully saturated rings. The van der Waals surface area contributed by atoms with Gasteiger partial charge in [0.2, 0.25) is 11.8 Å². The fourth-order valence-electron chi connectivity index (χ4n) is 4.25. The highest BCUT2D eigenvalue weighted by Gasteiger charge is 2.39. The summed E-state index contributed by atoms with van der Waals surface area (Å²) < 4.78 is 5.45. The van der Waals surface area contributed by atoms with Crippen LogP contribution < -0.4 is 10.6 Å². The van der Waals surface area contributed by atoms with Gasteiger partial charge in [0.15, 0.2) is 0 Å². The van der Waals surface area contributed by atoms with Crippen LogP contribution in [0.3, 0.4) is 0 Å². The molecule has 0 aliphatic heterocycles. The number of carbonyl (C=O) groups excluding carboxylic acids is 3. The lowest BCUT2D eigenvalue weighted by Crippen LogP contribution is -2.57. The fraction of sp³-hybridized carbons (Fsp3) is 0.690. The van der Waals surface area contributed by atoms with Crippen LogP contribution in [0.25, 0.3) is 0 Å². The van der Waals surface area contributed by atoms with Gasteiger partial charge in [0.05, 0.1) is 0 Å². The second kappa shape index (κ2) is 14.2. The van der Waals surface area contributed by atoms with Gasteiger partial charge >= 0.3 is 6.09 Å². The summed E-state index contributed by atoms with van der Waals surface area (Å²) in [4.78, 5) is 42.1. The van der Waals surface area contributed by atoms with E-state index in [0.29, 0.717) is 13.0 Å². The molecule has 0 aliphatic carbocycles. The van der Waals surface area contributed by atoms with Crippen LogP contribution >= 0.6 is 0 Å². The van der Waals surface area contributed by atoms with E-state index < -0.39 is 23.8 Å². The van der Waals surface area contributed by atoms with E-state index in [4.69, 9.17) is 4.74 Å². The van der Waals surface area contributed by atoms with E-state index in [0.717, 1.165) is 36.0 Å². The predicted molar refractivity (Wildman–Crippen MR) is 146 cm³/mol. The quantitative estimate of drug-likeness (QED) is 0.352. The van der Waals surface area contributed by atoms with Crippen LogP contribution in [0.15, 0.2) is 18.2 Å². The molecule has 204 valence electrons. The van der Waals surface area contributed by atoms with Crippen molar-refractivity contribution in [2.45, 2.75) is 119 Å². The molecule has 0 radical (unpaired) electrons. The van der Waals surface area contributed by atoms with Crippen molar-refractivity contribution in [1.29, 1.82) is 0 Å².